The van der Waals surface area contributed by atoms with Crippen molar-refractivity contribution in [3.63, 3.8) is 0 Å². The van der Waals surface area contributed by atoms with Crippen molar-refractivity contribution in [2.24, 2.45) is 11.8 Å². The molecule has 0 atom stereocenters. The summed E-state index contributed by atoms with van der Waals surface area (Å²) in [5.74, 6) is -1.22. The molecule has 0 saturated carbocycles. The fraction of sp³-hybridized carbons (Fsp3) is 0.654. The molecule has 0 aliphatic carbocycles. The van der Waals surface area contributed by atoms with Gasteiger partial charge < -0.3 is 74.9 Å². The van der Waals surface area contributed by atoms with Gasteiger partial charge in [0.15, 0.2) is 0 Å². The summed E-state index contributed by atoms with van der Waals surface area (Å²) in [7, 11) is -12.0. The zero-order chi connectivity index (χ0) is 62.5. The highest BCUT2D eigenvalue weighted by Crippen LogP contribution is 2.21. The van der Waals surface area contributed by atoms with E-state index in [2.05, 4.69) is 127 Å². The molecule has 0 unspecified atom stereocenters. The first kappa shape index (κ1) is 76.1. The van der Waals surface area contributed by atoms with Crippen molar-refractivity contribution in [3.8, 4) is 11.5 Å². The second kappa shape index (κ2) is 36.8. The predicted molar refractivity (Wildman–Crippen MR) is 316 cm³/mol. The maximum Gasteiger partial charge on any atom is 0.673 e. The van der Waals surface area contributed by atoms with E-state index in [9.17, 15) is 63.3 Å². The molecule has 2 aromatic rings. The number of hydrogen-bond donors (Lipinski definition) is 8. The summed E-state index contributed by atoms with van der Waals surface area (Å²) in [5.41, 5.74) is 0.484. The van der Waals surface area contributed by atoms with Crippen molar-refractivity contribution < 1.29 is 82.4 Å². The Balaban J connectivity index is 0.000000702. The van der Waals surface area contributed by atoms with E-state index < -0.39 is 50.1 Å². The Labute approximate surface area is 499 Å². The Morgan fingerprint density at radius 3 is 0.915 bits per heavy atom. The smallest absolute Gasteiger partial charge is 0.494 e. The van der Waals surface area contributed by atoms with Gasteiger partial charge in [-0.15, -0.1) is 10.1 Å². The third-order valence-corrected chi connectivity index (χ3v) is 11.7. The molecule has 2 aliphatic rings. The molecule has 0 spiro atoms. The molecule has 2 saturated heterocycles. The molecule has 4 N–H and O–H groups in total. The standard InChI is InChI=1S/2C26H41N3O5S2.2BF4/c2*1-25(2,35)17-27-15-19(16-28-18-26(3,4)36)7-5-6-14-33-21-10-8-20(9-11-21)24(32)34-29-22(30)12-13-23(29)31;2*2-1(3,4)5/h2*8-11,19,27-28,35-36H,5-7,12-18H2,1-4H3;;/q;;2*-1. The molecule has 2 fully saturated rings. The lowest BCUT2D eigenvalue weighted by Gasteiger charge is -2.24. The molecular formula is C52H82B2F8N6O10S4-2. The lowest BCUT2D eigenvalue weighted by Crippen LogP contribution is -2.39. The van der Waals surface area contributed by atoms with Gasteiger partial charge in [0.25, 0.3) is 23.6 Å². The van der Waals surface area contributed by atoms with Crippen LogP contribution in [-0.4, -0.2) is 145 Å². The number of unbranched alkanes of at least 4 members (excludes halogenated alkanes) is 2. The number of amides is 4. The monoisotopic (exact) mass is 1250 g/mol. The molecule has 4 rings (SSSR count). The minimum Gasteiger partial charge on any atom is -0.494 e. The van der Waals surface area contributed by atoms with Crippen molar-refractivity contribution in [1.82, 2.24) is 31.4 Å². The van der Waals surface area contributed by atoms with Crippen LogP contribution in [-0.2, 0) is 28.9 Å². The van der Waals surface area contributed by atoms with Crippen LogP contribution in [0.15, 0.2) is 48.5 Å². The average Bonchev–Trinajstić information content (AvgIpc) is 3.81. The van der Waals surface area contributed by atoms with E-state index in [1.165, 1.54) is 0 Å². The highest BCUT2D eigenvalue weighted by molar-refractivity contribution is 7.82. The summed E-state index contributed by atoms with van der Waals surface area (Å²) in [6, 6.07) is 12.9. The van der Waals surface area contributed by atoms with Crippen LogP contribution in [0.5, 0.6) is 11.5 Å². The molecule has 0 aromatic heterocycles. The number of nitrogens with one attached hydrogen (secondary N) is 4. The fourth-order valence-electron chi connectivity index (χ4n) is 7.29. The molecule has 2 aromatic carbocycles. The van der Waals surface area contributed by atoms with Crippen LogP contribution in [0.1, 0.15) is 140 Å². The topological polar surface area (TPSA) is 194 Å². The first-order valence-electron chi connectivity index (χ1n) is 26.8. The van der Waals surface area contributed by atoms with Gasteiger partial charge in [-0.2, -0.15) is 50.5 Å². The quantitative estimate of drug-likeness (QED) is 0.0113. The Morgan fingerprint density at radius 2 is 0.695 bits per heavy atom. The lowest BCUT2D eigenvalue weighted by atomic mass is 10.0. The Morgan fingerprint density at radius 1 is 0.463 bits per heavy atom. The summed E-state index contributed by atoms with van der Waals surface area (Å²) in [4.78, 5) is 80.6. The van der Waals surface area contributed by atoms with Crippen molar-refractivity contribution in [2.45, 2.75) is 139 Å². The molecule has 4 amide bonds. The largest absolute Gasteiger partial charge is 0.673 e. The number of ether oxygens (including phenoxy) is 2. The second-order valence-electron chi connectivity index (χ2n) is 22.2. The van der Waals surface area contributed by atoms with Gasteiger partial charge in [0.1, 0.15) is 11.5 Å². The van der Waals surface area contributed by atoms with Crippen molar-refractivity contribution in [3.05, 3.63) is 59.7 Å². The van der Waals surface area contributed by atoms with Gasteiger partial charge in [-0.3, -0.25) is 19.2 Å². The number of imide groups is 2. The summed E-state index contributed by atoms with van der Waals surface area (Å²) < 4.78 is 89.4. The van der Waals surface area contributed by atoms with Crippen LogP contribution in [0.25, 0.3) is 0 Å². The number of thiol groups is 4. The number of hydrogen-bond acceptors (Lipinski definition) is 18. The van der Waals surface area contributed by atoms with Gasteiger partial charge in [0.05, 0.1) is 24.3 Å². The number of nitrogens with zero attached hydrogens (tertiary/aromatic N) is 2. The van der Waals surface area contributed by atoms with Crippen molar-refractivity contribution >= 4 is 101 Å². The highest BCUT2D eigenvalue weighted by Gasteiger charge is 2.34. The zero-order valence-electron chi connectivity index (χ0n) is 47.9. The van der Waals surface area contributed by atoms with Crippen LogP contribution in [0.3, 0.4) is 0 Å². The fourth-order valence-corrected chi connectivity index (χ4v) is 7.74. The van der Waals surface area contributed by atoms with Gasteiger partial charge in [-0.1, -0.05) is 0 Å². The van der Waals surface area contributed by atoms with Crippen LogP contribution >= 0.6 is 50.5 Å². The minimum absolute atomic E-state index is 0.0474. The zero-order valence-corrected chi connectivity index (χ0v) is 51.4. The Kier molecular flexibility index (Phi) is 34.2. The number of rotatable bonds is 32. The first-order chi connectivity index (χ1) is 37.7. The number of halogens is 8. The SMILES string of the molecule is CC(C)(S)CNCC(CCCCOc1ccc(C(=O)ON2C(=O)CCC2=O)cc1)CNCC(C)(C)S.CC(C)(S)CNCC(CCCCOc1ccc(C(=O)ON2C(=O)CCC2=O)cc1)CNCC(C)(C)S.F[B-](F)(F)F.F[B-](F)(F)F. The van der Waals surface area contributed by atoms with Gasteiger partial charge in [0.2, 0.25) is 0 Å². The third-order valence-electron chi connectivity index (χ3n) is 11.1. The molecule has 2 aliphatic heterocycles. The molecule has 468 valence electrons. The minimum atomic E-state index is -6.00. The summed E-state index contributed by atoms with van der Waals surface area (Å²) >= 11 is 18.4. The summed E-state index contributed by atoms with van der Waals surface area (Å²) in [5, 5.41) is 15.2. The van der Waals surface area contributed by atoms with Crippen LogP contribution in [0, 0.1) is 11.8 Å². The lowest BCUT2D eigenvalue weighted by molar-refractivity contribution is -0.173. The average molecular weight is 1250 g/mol. The number of benzene rings is 2. The van der Waals surface area contributed by atoms with E-state index >= 15 is 0 Å². The van der Waals surface area contributed by atoms with Crippen molar-refractivity contribution in [2.75, 3.05) is 65.6 Å². The number of hydroxylamine groups is 4. The highest BCUT2D eigenvalue weighted by atomic mass is 32.1. The van der Waals surface area contributed by atoms with Gasteiger partial charge in [-0.25, -0.2) is 9.59 Å². The summed E-state index contributed by atoms with van der Waals surface area (Å²) in [6.45, 7) is 25.0. The third kappa shape index (κ3) is 41.1. The van der Waals surface area contributed by atoms with Crippen LogP contribution in [0.2, 0.25) is 0 Å². The number of carbonyl (C=O) groups excluding carboxylic acids is 6. The Hall–Kier alpha value is -3.93. The molecular weight excluding hydrogens is 1170 g/mol. The van der Waals surface area contributed by atoms with E-state index in [0.29, 0.717) is 46.7 Å². The van der Waals surface area contributed by atoms with Gasteiger partial charge >= 0.3 is 26.4 Å². The molecule has 0 bridgehead atoms. The molecule has 0 radical (unpaired) electrons. The van der Waals surface area contributed by atoms with E-state index in [0.717, 1.165) is 90.9 Å². The Bertz CT molecular complexity index is 2020. The van der Waals surface area contributed by atoms with Gasteiger partial charge in [0, 0.05) is 70.9 Å². The first-order valence-corrected chi connectivity index (χ1v) is 28.6. The second-order valence-corrected chi connectivity index (χ2v) is 27.0. The maximum atomic E-state index is 12.2. The normalized spacial score (nSPS) is 14.3. The van der Waals surface area contributed by atoms with Crippen molar-refractivity contribution in [1.29, 1.82) is 0 Å². The van der Waals surface area contributed by atoms with E-state index in [4.69, 9.17) is 19.1 Å². The summed E-state index contributed by atoms with van der Waals surface area (Å²) in [6.07, 6.45) is 6.29. The molecule has 2 heterocycles. The molecule has 82 heavy (non-hydrogen) atoms. The maximum absolute atomic E-state index is 12.2. The van der Waals surface area contributed by atoms with E-state index in [1.807, 2.05) is 0 Å². The predicted octanol–water partition coefficient (Wildman–Crippen LogP) is 9.94. The molecule has 16 nitrogen and oxygen atoms in total. The van der Waals surface area contributed by atoms with Gasteiger partial charge in [-0.05, 0) is 180 Å². The van der Waals surface area contributed by atoms with Crippen LogP contribution < -0.4 is 30.7 Å². The van der Waals surface area contributed by atoms with E-state index in [-0.39, 0.29) is 55.8 Å². The number of carbonyl (C=O) groups is 6. The van der Waals surface area contributed by atoms with E-state index in [1.54, 1.807) is 48.5 Å². The van der Waals surface area contributed by atoms with Crippen LogP contribution in [0.4, 0.5) is 34.5 Å². The molecule has 30 heteroatoms.